The minimum atomic E-state index is 0.574. The van der Waals surface area contributed by atoms with Crippen LogP contribution in [0.3, 0.4) is 0 Å². The molecule has 0 amide bonds. The van der Waals surface area contributed by atoms with Gasteiger partial charge in [0.15, 0.2) is 0 Å². The van der Waals surface area contributed by atoms with Crippen molar-refractivity contribution in [1.29, 1.82) is 0 Å². The lowest BCUT2D eigenvalue weighted by molar-refractivity contribution is 0.330. The molecular weight excluding hydrogens is 248 g/mol. The van der Waals surface area contributed by atoms with Crippen LogP contribution >= 0.6 is 0 Å². The van der Waals surface area contributed by atoms with Crippen molar-refractivity contribution in [1.82, 2.24) is 9.97 Å². The minimum Gasteiger partial charge on any atom is -0.367 e. The number of hydrogen-bond acceptors (Lipinski definition) is 4. The highest BCUT2D eigenvalue weighted by Gasteiger charge is 2.20. The predicted molar refractivity (Wildman–Crippen MR) is 85.2 cm³/mol. The fourth-order valence-electron chi connectivity index (χ4n) is 2.82. The summed E-state index contributed by atoms with van der Waals surface area (Å²) >= 11 is 0. The van der Waals surface area contributed by atoms with Crippen LogP contribution in [0.25, 0.3) is 0 Å². The fraction of sp³-hybridized carbons (Fsp3) is 0.750. The van der Waals surface area contributed by atoms with Crippen LogP contribution in [0.15, 0.2) is 6.20 Å². The van der Waals surface area contributed by atoms with Crippen molar-refractivity contribution in [2.45, 2.75) is 65.3 Å². The van der Waals surface area contributed by atoms with Gasteiger partial charge in [0.25, 0.3) is 0 Å². The Morgan fingerprint density at radius 3 is 2.60 bits per heavy atom. The summed E-state index contributed by atoms with van der Waals surface area (Å²) in [5.41, 5.74) is 1.13. The Labute approximate surface area is 122 Å². The first kappa shape index (κ1) is 15.1. The fourth-order valence-corrected chi connectivity index (χ4v) is 2.82. The summed E-state index contributed by atoms with van der Waals surface area (Å²) in [6.45, 7) is 7.44. The molecule has 0 spiro atoms. The van der Waals surface area contributed by atoms with Gasteiger partial charge < -0.3 is 10.6 Å². The zero-order valence-electron chi connectivity index (χ0n) is 13.1. The van der Waals surface area contributed by atoms with Gasteiger partial charge >= 0.3 is 0 Å². The normalized spacial score (nSPS) is 22.6. The molecule has 0 aliphatic heterocycles. The van der Waals surface area contributed by atoms with Gasteiger partial charge in [-0.2, -0.15) is 4.98 Å². The van der Waals surface area contributed by atoms with Crippen LogP contribution in [0.5, 0.6) is 0 Å². The van der Waals surface area contributed by atoms with Gasteiger partial charge in [-0.3, -0.25) is 0 Å². The summed E-state index contributed by atoms with van der Waals surface area (Å²) in [6, 6.07) is 0.574. The zero-order chi connectivity index (χ0) is 14.4. The molecule has 20 heavy (non-hydrogen) atoms. The number of aromatic nitrogens is 2. The van der Waals surface area contributed by atoms with Crippen molar-refractivity contribution in [2.24, 2.45) is 5.92 Å². The second-order valence-electron chi connectivity index (χ2n) is 5.92. The van der Waals surface area contributed by atoms with Crippen LogP contribution in [-0.4, -0.2) is 22.6 Å². The first-order valence-corrected chi connectivity index (χ1v) is 8.07. The topological polar surface area (TPSA) is 49.8 Å². The van der Waals surface area contributed by atoms with E-state index in [9.17, 15) is 0 Å². The molecule has 1 aliphatic rings. The quantitative estimate of drug-likeness (QED) is 0.825. The first-order chi connectivity index (χ1) is 9.72. The third-order valence-corrected chi connectivity index (χ3v) is 4.27. The summed E-state index contributed by atoms with van der Waals surface area (Å²) in [4.78, 5) is 8.94. The van der Waals surface area contributed by atoms with Crippen LogP contribution < -0.4 is 10.6 Å². The molecule has 0 saturated heterocycles. The monoisotopic (exact) mass is 276 g/mol. The molecule has 1 fully saturated rings. The van der Waals surface area contributed by atoms with E-state index in [0.717, 1.165) is 36.2 Å². The van der Waals surface area contributed by atoms with Gasteiger partial charge in [-0.1, -0.05) is 20.3 Å². The summed E-state index contributed by atoms with van der Waals surface area (Å²) in [6.07, 6.45) is 9.54. The maximum Gasteiger partial charge on any atom is 0.224 e. The molecule has 2 rings (SSSR count). The first-order valence-electron chi connectivity index (χ1n) is 8.07. The highest BCUT2D eigenvalue weighted by molar-refractivity contribution is 5.47. The summed E-state index contributed by atoms with van der Waals surface area (Å²) in [7, 11) is 0. The minimum absolute atomic E-state index is 0.574. The maximum atomic E-state index is 4.61. The van der Waals surface area contributed by atoms with Crippen molar-refractivity contribution in [3.63, 3.8) is 0 Å². The Hall–Kier alpha value is -1.32. The van der Waals surface area contributed by atoms with Gasteiger partial charge in [-0.05, 0) is 44.9 Å². The van der Waals surface area contributed by atoms with Crippen molar-refractivity contribution in [2.75, 3.05) is 17.2 Å². The van der Waals surface area contributed by atoms with E-state index in [1.165, 1.54) is 32.1 Å². The number of aryl methyl sites for hydroxylation is 1. The van der Waals surface area contributed by atoms with E-state index in [1.54, 1.807) is 0 Å². The molecule has 0 bridgehead atoms. The molecule has 2 N–H and O–H groups in total. The highest BCUT2D eigenvalue weighted by atomic mass is 15.1. The molecule has 1 heterocycles. The van der Waals surface area contributed by atoms with Crippen LogP contribution in [0, 0.1) is 12.8 Å². The molecule has 4 heteroatoms. The van der Waals surface area contributed by atoms with Crippen molar-refractivity contribution in [3.05, 3.63) is 11.8 Å². The smallest absolute Gasteiger partial charge is 0.224 e. The molecule has 4 nitrogen and oxygen atoms in total. The van der Waals surface area contributed by atoms with E-state index in [1.807, 2.05) is 6.20 Å². The van der Waals surface area contributed by atoms with E-state index in [0.29, 0.717) is 6.04 Å². The largest absolute Gasteiger partial charge is 0.367 e. The lowest BCUT2D eigenvalue weighted by Crippen LogP contribution is -2.27. The SMILES string of the molecule is CCCNc1ncc(C)c(NC2CCC(CC)CC2)n1. The lowest BCUT2D eigenvalue weighted by Gasteiger charge is -2.29. The third-order valence-electron chi connectivity index (χ3n) is 4.27. The zero-order valence-corrected chi connectivity index (χ0v) is 13.1. The van der Waals surface area contributed by atoms with Gasteiger partial charge in [-0.15, -0.1) is 0 Å². The summed E-state index contributed by atoms with van der Waals surface area (Å²) in [5.74, 6) is 2.67. The molecule has 0 radical (unpaired) electrons. The number of nitrogens with zero attached hydrogens (tertiary/aromatic N) is 2. The molecule has 1 aromatic heterocycles. The number of nitrogens with one attached hydrogen (secondary N) is 2. The van der Waals surface area contributed by atoms with Gasteiger partial charge in [0.1, 0.15) is 5.82 Å². The van der Waals surface area contributed by atoms with Gasteiger partial charge in [0.05, 0.1) is 0 Å². The van der Waals surface area contributed by atoms with Crippen LogP contribution in [-0.2, 0) is 0 Å². The molecule has 0 atom stereocenters. The Morgan fingerprint density at radius 2 is 1.95 bits per heavy atom. The molecule has 1 aromatic rings. The Balaban J connectivity index is 1.94. The summed E-state index contributed by atoms with van der Waals surface area (Å²) in [5, 5.41) is 6.87. The molecule has 0 unspecified atom stereocenters. The van der Waals surface area contributed by atoms with Crippen molar-refractivity contribution >= 4 is 11.8 Å². The molecule has 1 aliphatic carbocycles. The predicted octanol–water partition coefficient (Wildman–Crippen LogP) is 3.99. The molecule has 0 aromatic carbocycles. The third kappa shape index (κ3) is 4.09. The van der Waals surface area contributed by atoms with Crippen LogP contribution in [0.4, 0.5) is 11.8 Å². The Bertz CT molecular complexity index is 411. The standard InChI is InChI=1S/C16H28N4/c1-4-10-17-16-18-11-12(3)15(20-16)19-14-8-6-13(5-2)7-9-14/h11,13-14H,4-10H2,1-3H3,(H2,17,18,19,20). The second-order valence-corrected chi connectivity index (χ2v) is 5.92. The van der Waals surface area contributed by atoms with Crippen LogP contribution in [0.1, 0.15) is 57.9 Å². The maximum absolute atomic E-state index is 4.61. The molecular formula is C16H28N4. The summed E-state index contributed by atoms with van der Waals surface area (Å²) < 4.78 is 0. The van der Waals surface area contributed by atoms with E-state index in [4.69, 9.17) is 0 Å². The highest BCUT2D eigenvalue weighted by Crippen LogP contribution is 2.28. The van der Waals surface area contributed by atoms with E-state index >= 15 is 0 Å². The Morgan fingerprint density at radius 1 is 1.20 bits per heavy atom. The average molecular weight is 276 g/mol. The van der Waals surface area contributed by atoms with Crippen molar-refractivity contribution in [3.8, 4) is 0 Å². The van der Waals surface area contributed by atoms with E-state index in [2.05, 4.69) is 41.4 Å². The van der Waals surface area contributed by atoms with Crippen molar-refractivity contribution < 1.29 is 0 Å². The number of hydrogen-bond donors (Lipinski definition) is 2. The van der Waals surface area contributed by atoms with Gasteiger partial charge in [0.2, 0.25) is 5.95 Å². The van der Waals surface area contributed by atoms with Gasteiger partial charge in [0, 0.05) is 24.3 Å². The molecule has 1 saturated carbocycles. The van der Waals surface area contributed by atoms with E-state index in [-0.39, 0.29) is 0 Å². The number of anilines is 2. The van der Waals surface area contributed by atoms with E-state index < -0.39 is 0 Å². The van der Waals surface area contributed by atoms with Crippen LogP contribution in [0.2, 0.25) is 0 Å². The molecule has 112 valence electrons. The average Bonchev–Trinajstić information content (AvgIpc) is 2.49. The second kappa shape index (κ2) is 7.46. The number of rotatable bonds is 6. The Kier molecular flexibility index (Phi) is 5.62. The lowest BCUT2D eigenvalue weighted by atomic mass is 9.84. The van der Waals surface area contributed by atoms with Gasteiger partial charge in [-0.25, -0.2) is 4.98 Å².